The number of hydrogen-bond acceptors (Lipinski definition) is 4. The molecular weight excluding hydrogens is 370 g/mol. The van der Waals surface area contributed by atoms with Gasteiger partial charge < -0.3 is 15.4 Å². The molecule has 2 aromatic rings. The summed E-state index contributed by atoms with van der Waals surface area (Å²) in [6.07, 6.45) is 11.8. The van der Waals surface area contributed by atoms with E-state index in [0.29, 0.717) is 12.6 Å². The van der Waals surface area contributed by atoms with Crippen molar-refractivity contribution < 1.29 is 4.74 Å². The Morgan fingerprint density at radius 3 is 2.64 bits per heavy atom. The highest BCUT2D eigenvalue weighted by molar-refractivity contribution is 6.33. The minimum absolute atomic E-state index is 0.348. The van der Waals surface area contributed by atoms with Crippen molar-refractivity contribution in [1.82, 2.24) is 10.3 Å². The zero-order valence-electron chi connectivity index (χ0n) is 16.5. The molecule has 1 aromatic carbocycles. The van der Waals surface area contributed by atoms with Crippen LogP contribution in [-0.2, 0) is 19.4 Å². The van der Waals surface area contributed by atoms with Gasteiger partial charge in [-0.2, -0.15) is 0 Å². The fourth-order valence-electron chi connectivity index (χ4n) is 4.25. The first-order valence-electron chi connectivity index (χ1n) is 10.7. The van der Waals surface area contributed by atoms with E-state index in [9.17, 15) is 0 Å². The molecule has 1 aliphatic carbocycles. The van der Waals surface area contributed by atoms with Gasteiger partial charge in [-0.1, -0.05) is 30.5 Å². The van der Waals surface area contributed by atoms with Gasteiger partial charge in [0.25, 0.3) is 0 Å². The summed E-state index contributed by atoms with van der Waals surface area (Å²) in [6, 6.07) is 8.26. The maximum Gasteiger partial charge on any atom is 0.138 e. The molecule has 0 saturated heterocycles. The Morgan fingerprint density at radius 2 is 1.86 bits per heavy atom. The van der Waals surface area contributed by atoms with E-state index in [-0.39, 0.29) is 0 Å². The lowest BCUT2D eigenvalue weighted by atomic mass is 10.0. The maximum atomic E-state index is 6.50. The van der Waals surface area contributed by atoms with E-state index in [1.807, 2.05) is 18.3 Å². The van der Waals surface area contributed by atoms with E-state index >= 15 is 0 Å². The molecule has 28 heavy (non-hydrogen) atoms. The fraction of sp³-hybridized carbons (Fsp3) is 0.522. The molecule has 2 heterocycles. The van der Waals surface area contributed by atoms with Gasteiger partial charge in [0.15, 0.2) is 0 Å². The molecule has 2 N–H and O–H groups in total. The van der Waals surface area contributed by atoms with E-state index < -0.39 is 0 Å². The molecule has 0 atom stereocenters. The van der Waals surface area contributed by atoms with Crippen molar-refractivity contribution in [3.63, 3.8) is 0 Å². The number of halogens is 1. The second-order valence-corrected chi connectivity index (χ2v) is 8.29. The number of nitrogens with one attached hydrogen (secondary N) is 2. The lowest BCUT2D eigenvalue weighted by Gasteiger charge is -2.17. The van der Waals surface area contributed by atoms with Crippen molar-refractivity contribution in [3.05, 3.63) is 52.3 Å². The molecule has 2 aliphatic rings. The number of hydrogen-bond donors (Lipinski definition) is 2. The van der Waals surface area contributed by atoms with Gasteiger partial charge in [-0.25, -0.2) is 0 Å². The highest BCUT2D eigenvalue weighted by Crippen LogP contribution is 2.31. The third kappa shape index (κ3) is 4.98. The average molecular weight is 400 g/mol. The summed E-state index contributed by atoms with van der Waals surface area (Å²) in [5.74, 6) is 0.883. The van der Waals surface area contributed by atoms with E-state index in [4.69, 9.17) is 16.3 Å². The Kier molecular flexibility index (Phi) is 6.71. The summed E-state index contributed by atoms with van der Waals surface area (Å²) in [7, 11) is 0. The SMILES string of the molecule is Clc1ccc2c(c1NCc1ccc(OC3CCCCCC3)cn1)CCNCC2. The van der Waals surface area contributed by atoms with Crippen molar-refractivity contribution >= 4 is 17.3 Å². The third-order valence-corrected chi connectivity index (χ3v) is 6.15. The number of anilines is 1. The number of benzene rings is 1. The van der Waals surface area contributed by atoms with Crippen molar-refractivity contribution in [1.29, 1.82) is 0 Å². The van der Waals surface area contributed by atoms with Crippen LogP contribution in [0.2, 0.25) is 5.02 Å². The number of nitrogens with zero attached hydrogens (tertiary/aromatic N) is 1. The molecule has 1 fully saturated rings. The quantitative estimate of drug-likeness (QED) is 0.683. The number of fused-ring (bicyclic) bond motifs is 1. The maximum absolute atomic E-state index is 6.50. The van der Waals surface area contributed by atoms with Crippen LogP contribution in [0, 0.1) is 0 Å². The standard InChI is InChI=1S/C23H30ClN3O/c24-22-10-7-17-11-13-25-14-12-21(17)23(22)27-15-18-8-9-20(16-26-18)28-19-5-3-1-2-4-6-19/h7-10,16,19,25,27H,1-6,11-15H2. The van der Waals surface area contributed by atoms with E-state index in [1.54, 1.807) is 0 Å². The number of pyridine rings is 1. The molecule has 0 radical (unpaired) electrons. The zero-order chi connectivity index (χ0) is 19.2. The van der Waals surface area contributed by atoms with Crippen LogP contribution in [-0.4, -0.2) is 24.2 Å². The van der Waals surface area contributed by atoms with Crippen molar-refractivity contribution in [2.75, 3.05) is 18.4 Å². The first-order valence-corrected chi connectivity index (χ1v) is 11.0. The Hall–Kier alpha value is -1.78. The molecular formula is C23H30ClN3O. The van der Waals surface area contributed by atoms with Crippen LogP contribution < -0.4 is 15.4 Å². The molecule has 4 rings (SSSR count). The summed E-state index contributed by atoms with van der Waals surface area (Å²) in [5.41, 5.74) is 4.78. The average Bonchev–Trinajstić information content (AvgIpc) is 3.11. The summed E-state index contributed by atoms with van der Waals surface area (Å²) >= 11 is 6.50. The lowest BCUT2D eigenvalue weighted by Crippen LogP contribution is -2.16. The smallest absolute Gasteiger partial charge is 0.138 e. The second-order valence-electron chi connectivity index (χ2n) is 7.88. The third-order valence-electron chi connectivity index (χ3n) is 5.83. The van der Waals surface area contributed by atoms with Gasteiger partial charge in [-0.05, 0) is 80.9 Å². The summed E-state index contributed by atoms with van der Waals surface area (Å²) in [4.78, 5) is 4.60. The van der Waals surface area contributed by atoms with Crippen LogP contribution in [0.25, 0.3) is 0 Å². The van der Waals surface area contributed by atoms with Gasteiger partial charge in [-0.3, -0.25) is 4.98 Å². The summed E-state index contributed by atoms with van der Waals surface area (Å²) < 4.78 is 6.15. The van der Waals surface area contributed by atoms with Crippen LogP contribution in [0.3, 0.4) is 0 Å². The molecule has 1 aliphatic heterocycles. The van der Waals surface area contributed by atoms with Crippen LogP contribution in [0.4, 0.5) is 5.69 Å². The van der Waals surface area contributed by atoms with Gasteiger partial charge in [0.2, 0.25) is 0 Å². The first kappa shape index (κ1) is 19.5. The van der Waals surface area contributed by atoms with Crippen molar-refractivity contribution in [2.24, 2.45) is 0 Å². The van der Waals surface area contributed by atoms with Crippen LogP contribution in [0.15, 0.2) is 30.5 Å². The normalized spacial score (nSPS) is 18.0. The molecule has 1 aromatic heterocycles. The van der Waals surface area contributed by atoms with Crippen LogP contribution in [0.1, 0.15) is 55.3 Å². The van der Waals surface area contributed by atoms with Gasteiger partial charge >= 0.3 is 0 Å². The predicted molar refractivity (Wildman–Crippen MR) is 115 cm³/mol. The molecule has 0 unspecified atom stereocenters. The molecule has 150 valence electrons. The Bertz CT molecular complexity index is 770. The zero-order valence-corrected chi connectivity index (χ0v) is 17.2. The Morgan fingerprint density at radius 1 is 1.04 bits per heavy atom. The number of aromatic nitrogens is 1. The minimum atomic E-state index is 0.348. The molecule has 5 heteroatoms. The Labute approximate surface area is 173 Å². The minimum Gasteiger partial charge on any atom is -0.489 e. The van der Waals surface area contributed by atoms with Gasteiger partial charge in [-0.15, -0.1) is 0 Å². The van der Waals surface area contributed by atoms with E-state index in [1.165, 1.54) is 36.8 Å². The highest BCUT2D eigenvalue weighted by Gasteiger charge is 2.16. The van der Waals surface area contributed by atoms with Crippen molar-refractivity contribution in [3.8, 4) is 5.75 Å². The van der Waals surface area contributed by atoms with E-state index in [0.717, 1.165) is 60.9 Å². The molecule has 0 spiro atoms. The van der Waals surface area contributed by atoms with Gasteiger partial charge in [0.1, 0.15) is 5.75 Å². The molecule has 1 saturated carbocycles. The lowest BCUT2D eigenvalue weighted by molar-refractivity contribution is 0.183. The fourth-order valence-corrected chi connectivity index (χ4v) is 4.49. The predicted octanol–water partition coefficient (Wildman–Crippen LogP) is 5.14. The topological polar surface area (TPSA) is 46.2 Å². The highest BCUT2D eigenvalue weighted by atomic mass is 35.5. The molecule has 0 bridgehead atoms. The van der Waals surface area contributed by atoms with Gasteiger partial charge in [0, 0.05) is 0 Å². The second kappa shape index (κ2) is 9.62. The number of ether oxygens (including phenoxy) is 1. The summed E-state index contributed by atoms with van der Waals surface area (Å²) in [6.45, 7) is 2.68. The molecule has 0 amide bonds. The monoisotopic (exact) mass is 399 g/mol. The number of rotatable bonds is 5. The largest absolute Gasteiger partial charge is 0.489 e. The first-order chi connectivity index (χ1) is 13.8. The van der Waals surface area contributed by atoms with E-state index in [2.05, 4.69) is 27.8 Å². The van der Waals surface area contributed by atoms with Crippen LogP contribution in [0.5, 0.6) is 5.75 Å². The Balaban J connectivity index is 1.39. The molecule has 4 nitrogen and oxygen atoms in total. The van der Waals surface area contributed by atoms with Crippen molar-refractivity contribution in [2.45, 2.75) is 64.0 Å². The summed E-state index contributed by atoms with van der Waals surface area (Å²) in [5, 5.41) is 7.78. The van der Waals surface area contributed by atoms with Gasteiger partial charge in [0.05, 0.1) is 35.2 Å². The van der Waals surface area contributed by atoms with Crippen LogP contribution >= 0.6 is 11.6 Å².